The third-order valence-electron chi connectivity index (χ3n) is 5.53. The van der Waals surface area contributed by atoms with Gasteiger partial charge in [0.1, 0.15) is 11.6 Å². The maximum absolute atomic E-state index is 14.4. The summed E-state index contributed by atoms with van der Waals surface area (Å²) in [5, 5.41) is 0.632. The molecule has 156 valence electrons. The van der Waals surface area contributed by atoms with E-state index in [1.54, 1.807) is 14.2 Å². The second-order valence-electron chi connectivity index (χ2n) is 7.32. The number of ether oxygens (including phenoxy) is 2. The fourth-order valence-electron chi connectivity index (χ4n) is 4.10. The fourth-order valence-corrected chi connectivity index (χ4v) is 4.30. The summed E-state index contributed by atoms with van der Waals surface area (Å²) in [5.41, 5.74) is 3.66. The lowest BCUT2D eigenvalue weighted by Gasteiger charge is -2.38. The molecule has 1 aliphatic rings. The average molecular weight is 430 g/mol. The third-order valence-corrected chi connectivity index (χ3v) is 5.76. The predicted molar refractivity (Wildman–Crippen MR) is 113 cm³/mol. The maximum atomic E-state index is 14.4. The Labute approximate surface area is 179 Å². The predicted octanol–water partition coefficient (Wildman–Crippen LogP) is 5.78. The monoisotopic (exact) mass is 429 g/mol. The van der Waals surface area contributed by atoms with Gasteiger partial charge in [-0.3, -0.25) is 4.90 Å². The molecule has 0 N–H and O–H groups in total. The molecule has 0 aromatic heterocycles. The second kappa shape index (κ2) is 8.62. The Morgan fingerprint density at radius 1 is 1.00 bits per heavy atom. The van der Waals surface area contributed by atoms with Crippen molar-refractivity contribution in [2.24, 2.45) is 0 Å². The minimum Gasteiger partial charge on any atom is -0.493 e. The van der Waals surface area contributed by atoms with Crippen LogP contribution in [0, 0.1) is 11.6 Å². The number of benzene rings is 3. The van der Waals surface area contributed by atoms with Crippen LogP contribution in [-0.4, -0.2) is 25.7 Å². The van der Waals surface area contributed by atoms with E-state index in [1.165, 1.54) is 12.1 Å². The van der Waals surface area contributed by atoms with Gasteiger partial charge >= 0.3 is 0 Å². The van der Waals surface area contributed by atoms with Crippen molar-refractivity contribution >= 4 is 11.6 Å². The zero-order valence-electron chi connectivity index (χ0n) is 16.8. The molecule has 1 unspecified atom stereocenters. The zero-order valence-corrected chi connectivity index (χ0v) is 17.5. The molecule has 0 radical (unpaired) electrons. The lowest BCUT2D eigenvalue weighted by Crippen LogP contribution is -2.36. The summed E-state index contributed by atoms with van der Waals surface area (Å²) < 4.78 is 38.7. The highest BCUT2D eigenvalue weighted by Crippen LogP contribution is 2.42. The summed E-state index contributed by atoms with van der Waals surface area (Å²) in [7, 11) is 3.22. The van der Waals surface area contributed by atoms with E-state index in [1.807, 2.05) is 36.4 Å². The molecular weight excluding hydrogens is 408 g/mol. The Bertz CT molecular complexity index is 1070. The summed E-state index contributed by atoms with van der Waals surface area (Å²) in [6.45, 7) is 1.05. The van der Waals surface area contributed by atoms with Gasteiger partial charge in [-0.2, -0.15) is 0 Å². The van der Waals surface area contributed by atoms with E-state index in [9.17, 15) is 8.78 Å². The van der Waals surface area contributed by atoms with E-state index >= 15 is 0 Å². The molecule has 0 spiro atoms. The van der Waals surface area contributed by atoms with Crippen LogP contribution >= 0.6 is 11.6 Å². The number of rotatable bonds is 5. The molecule has 1 aliphatic heterocycles. The van der Waals surface area contributed by atoms with Crippen LogP contribution in [0.15, 0.2) is 54.6 Å². The first-order chi connectivity index (χ1) is 14.5. The molecule has 0 saturated heterocycles. The first kappa shape index (κ1) is 20.6. The van der Waals surface area contributed by atoms with Gasteiger partial charge < -0.3 is 9.47 Å². The topological polar surface area (TPSA) is 21.7 Å². The number of hydrogen-bond acceptors (Lipinski definition) is 3. The van der Waals surface area contributed by atoms with Crippen molar-refractivity contribution in [3.63, 3.8) is 0 Å². The van der Waals surface area contributed by atoms with Crippen LogP contribution in [0.3, 0.4) is 0 Å². The van der Waals surface area contributed by atoms with Crippen molar-refractivity contribution in [1.29, 1.82) is 0 Å². The van der Waals surface area contributed by atoms with Crippen LogP contribution in [0.25, 0.3) is 0 Å². The largest absolute Gasteiger partial charge is 0.493 e. The van der Waals surface area contributed by atoms with Crippen molar-refractivity contribution in [2.45, 2.75) is 19.0 Å². The Balaban J connectivity index is 1.81. The van der Waals surface area contributed by atoms with Gasteiger partial charge in [0.25, 0.3) is 0 Å². The molecule has 30 heavy (non-hydrogen) atoms. The van der Waals surface area contributed by atoms with Gasteiger partial charge in [-0.05, 0) is 53.4 Å². The van der Waals surface area contributed by atoms with Crippen LogP contribution in [0.4, 0.5) is 8.78 Å². The van der Waals surface area contributed by atoms with Crippen molar-refractivity contribution in [2.75, 3.05) is 20.8 Å². The molecule has 0 fully saturated rings. The van der Waals surface area contributed by atoms with Crippen LogP contribution in [0.5, 0.6) is 11.5 Å². The lowest BCUT2D eigenvalue weighted by molar-refractivity contribution is 0.201. The standard InChI is InChI=1S/C24H22ClF2NO2/c1-29-22-11-15-8-9-28(14-17-6-7-19(26)12-21(17)27)24(20(15)13-23(22)30-2)16-4-3-5-18(25)10-16/h3-7,10-13,24H,8-9,14H2,1-2H3. The number of fused-ring (bicyclic) bond motifs is 1. The van der Waals surface area contributed by atoms with Crippen LogP contribution in [0.1, 0.15) is 28.3 Å². The van der Waals surface area contributed by atoms with E-state index in [4.69, 9.17) is 21.1 Å². The van der Waals surface area contributed by atoms with E-state index in [-0.39, 0.29) is 6.04 Å². The molecule has 0 amide bonds. The Morgan fingerprint density at radius 2 is 1.77 bits per heavy atom. The average Bonchev–Trinajstić information content (AvgIpc) is 2.74. The van der Waals surface area contributed by atoms with Crippen molar-refractivity contribution in [3.8, 4) is 11.5 Å². The van der Waals surface area contributed by atoms with E-state index in [2.05, 4.69) is 4.90 Å². The third kappa shape index (κ3) is 4.00. The summed E-state index contributed by atoms with van der Waals surface area (Å²) in [6.07, 6.45) is 0.773. The van der Waals surface area contributed by atoms with Crippen molar-refractivity contribution < 1.29 is 18.3 Å². The minimum absolute atomic E-state index is 0.156. The molecule has 0 bridgehead atoms. The van der Waals surface area contributed by atoms with E-state index < -0.39 is 11.6 Å². The van der Waals surface area contributed by atoms with Gasteiger partial charge in [-0.25, -0.2) is 8.78 Å². The smallest absolute Gasteiger partial charge is 0.161 e. The SMILES string of the molecule is COc1cc2c(cc1OC)C(c1cccc(Cl)c1)N(Cc1ccc(F)cc1F)CC2. The van der Waals surface area contributed by atoms with Crippen molar-refractivity contribution in [3.05, 3.63) is 93.5 Å². The van der Waals surface area contributed by atoms with Gasteiger partial charge in [-0.1, -0.05) is 29.8 Å². The zero-order chi connectivity index (χ0) is 21.3. The Morgan fingerprint density at radius 3 is 2.47 bits per heavy atom. The normalized spacial score (nSPS) is 16.2. The minimum atomic E-state index is -0.580. The molecular formula is C24H22ClF2NO2. The van der Waals surface area contributed by atoms with Gasteiger partial charge in [-0.15, -0.1) is 0 Å². The van der Waals surface area contributed by atoms with Crippen LogP contribution in [-0.2, 0) is 13.0 Å². The second-order valence-corrected chi connectivity index (χ2v) is 7.76. The number of methoxy groups -OCH3 is 2. The summed E-state index contributed by atoms with van der Waals surface area (Å²) in [4.78, 5) is 2.18. The first-order valence-electron chi connectivity index (χ1n) is 9.68. The molecule has 3 aromatic rings. The molecule has 3 nitrogen and oxygen atoms in total. The number of halogens is 3. The molecule has 0 saturated carbocycles. The van der Waals surface area contributed by atoms with Gasteiger partial charge in [0.15, 0.2) is 11.5 Å². The Kier molecular flexibility index (Phi) is 5.93. The number of nitrogens with zero attached hydrogens (tertiary/aromatic N) is 1. The molecule has 0 aliphatic carbocycles. The quantitative estimate of drug-likeness (QED) is 0.513. The molecule has 1 atom stereocenters. The van der Waals surface area contributed by atoms with Gasteiger partial charge in [0.2, 0.25) is 0 Å². The maximum Gasteiger partial charge on any atom is 0.161 e. The fraction of sp³-hybridized carbons (Fsp3) is 0.250. The molecule has 6 heteroatoms. The summed E-state index contributed by atoms with van der Waals surface area (Å²) >= 11 is 6.28. The summed E-state index contributed by atoms with van der Waals surface area (Å²) in [6, 6.07) is 15.2. The van der Waals surface area contributed by atoms with Crippen LogP contribution in [0.2, 0.25) is 5.02 Å². The molecule has 3 aromatic carbocycles. The lowest BCUT2D eigenvalue weighted by atomic mass is 9.87. The highest BCUT2D eigenvalue weighted by Gasteiger charge is 2.31. The number of hydrogen-bond donors (Lipinski definition) is 0. The first-order valence-corrected chi connectivity index (χ1v) is 10.1. The van der Waals surface area contributed by atoms with E-state index in [0.717, 1.165) is 29.2 Å². The van der Waals surface area contributed by atoms with Crippen molar-refractivity contribution in [1.82, 2.24) is 4.90 Å². The van der Waals surface area contributed by atoms with Crippen LogP contribution < -0.4 is 9.47 Å². The highest BCUT2D eigenvalue weighted by atomic mass is 35.5. The molecule has 1 heterocycles. The highest BCUT2D eigenvalue weighted by molar-refractivity contribution is 6.30. The van der Waals surface area contributed by atoms with Gasteiger partial charge in [0, 0.05) is 29.7 Å². The Hall–Kier alpha value is -2.63. The van der Waals surface area contributed by atoms with Gasteiger partial charge in [0.05, 0.1) is 20.3 Å². The van der Waals surface area contributed by atoms with E-state index in [0.29, 0.717) is 35.2 Å². The molecule has 4 rings (SSSR count). The summed E-state index contributed by atoms with van der Waals surface area (Å²) in [5.74, 6) is 0.193.